The van der Waals surface area contributed by atoms with Gasteiger partial charge in [0, 0.05) is 26.2 Å². The molecular weight excluding hydrogens is 294 g/mol. The van der Waals surface area contributed by atoms with Crippen LogP contribution in [0.1, 0.15) is 105 Å². The molecule has 0 aromatic rings. The van der Waals surface area contributed by atoms with Gasteiger partial charge in [0.1, 0.15) is 0 Å². The number of hydrogen-bond donors (Lipinski definition) is 1. The molecule has 1 N–H and O–H groups in total. The van der Waals surface area contributed by atoms with Crippen LogP contribution in [0.5, 0.6) is 0 Å². The second kappa shape index (κ2) is 17.1. The molecule has 0 spiro atoms. The third-order valence-corrected chi connectivity index (χ3v) is 4.73. The molecule has 0 amide bonds. The van der Waals surface area contributed by atoms with E-state index in [-0.39, 0.29) is 0 Å². The van der Waals surface area contributed by atoms with Crippen molar-refractivity contribution in [3.05, 3.63) is 0 Å². The second-order valence-electron chi connectivity index (χ2n) is 7.13. The Morgan fingerprint density at radius 3 is 0.958 bits per heavy atom. The zero-order valence-corrected chi connectivity index (χ0v) is 17.2. The average molecular weight is 340 g/mol. The van der Waals surface area contributed by atoms with E-state index >= 15 is 0 Å². The fourth-order valence-electron chi connectivity index (χ4n) is 3.06. The molecule has 0 aliphatic rings. The van der Waals surface area contributed by atoms with Crippen LogP contribution in [0, 0.1) is 5.41 Å². The minimum Gasteiger partial charge on any atom is -0.343 e. The van der Waals surface area contributed by atoms with Crippen LogP contribution in [-0.4, -0.2) is 41.9 Å². The summed E-state index contributed by atoms with van der Waals surface area (Å²) in [6, 6.07) is 0. The summed E-state index contributed by atoms with van der Waals surface area (Å²) in [5.74, 6) is 0.800. The highest BCUT2D eigenvalue weighted by atomic mass is 15.4. The molecular formula is C21H45N3. The monoisotopic (exact) mass is 339 g/mol. The van der Waals surface area contributed by atoms with E-state index in [1.54, 1.807) is 0 Å². The molecule has 0 saturated heterocycles. The van der Waals surface area contributed by atoms with Gasteiger partial charge in [0.15, 0.2) is 5.96 Å². The van der Waals surface area contributed by atoms with E-state index in [1.807, 2.05) is 0 Å². The Hall–Kier alpha value is -0.730. The van der Waals surface area contributed by atoms with Crippen LogP contribution in [0.2, 0.25) is 0 Å². The lowest BCUT2D eigenvalue weighted by molar-refractivity contribution is 0.294. The van der Waals surface area contributed by atoms with Crippen molar-refractivity contribution in [3.8, 4) is 0 Å². The highest BCUT2D eigenvalue weighted by molar-refractivity contribution is 5.76. The van der Waals surface area contributed by atoms with Crippen molar-refractivity contribution in [1.82, 2.24) is 9.80 Å². The molecule has 0 saturated carbocycles. The quantitative estimate of drug-likeness (QED) is 0.203. The minimum absolute atomic E-state index is 0.800. The van der Waals surface area contributed by atoms with Crippen LogP contribution < -0.4 is 0 Å². The largest absolute Gasteiger partial charge is 0.343 e. The Bertz CT molecular complexity index is 232. The van der Waals surface area contributed by atoms with Gasteiger partial charge in [-0.25, -0.2) is 0 Å². The Labute approximate surface area is 152 Å². The molecule has 0 radical (unpaired) electrons. The van der Waals surface area contributed by atoms with E-state index in [4.69, 9.17) is 5.41 Å². The molecule has 0 atom stereocenters. The van der Waals surface area contributed by atoms with Crippen molar-refractivity contribution in [3.63, 3.8) is 0 Å². The summed E-state index contributed by atoms with van der Waals surface area (Å²) in [7, 11) is 0. The van der Waals surface area contributed by atoms with Crippen LogP contribution in [0.25, 0.3) is 0 Å². The maximum Gasteiger partial charge on any atom is 0.193 e. The third-order valence-electron chi connectivity index (χ3n) is 4.73. The fourth-order valence-corrected chi connectivity index (χ4v) is 3.06. The van der Waals surface area contributed by atoms with Gasteiger partial charge in [-0.2, -0.15) is 0 Å². The number of guanidine groups is 1. The molecule has 3 nitrogen and oxygen atoms in total. The van der Waals surface area contributed by atoms with Crippen LogP contribution >= 0.6 is 0 Å². The standard InChI is InChI=1S/C21H45N3/c1-5-9-13-17-23(18-14-10-6-2)21(22)24(19-15-11-7-3)20-16-12-8-4/h22H,5-20H2,1-4H3. The number of unbranched alkanes of at least 4 members (excludes halogenated alkanes) is 8. The highest BCUT2D eigenvalue weighted by Crippen LogP contribution is 2.09. The second-order valence-corrected chi connectivity index (χ2v) is 7.13. The van der Waals surface area contributed by atoms with E-state index in [0.717, 1.165) is 32.1 Å². The first kappa shape index (κ1) is 23.3. The maximum atomic E-state index is 8.80. The van der Waals surface area contributed by atoms with Crippen molar-refractivity contribution >= 4 is 5.96 Å². The first-order valence-corrected chi connectivity index (χ1v) is 10.8. The van der Waals surface area contributed by atoms with Crippen LogP contribution in [0.15, 0.2) is 0 Å². The van der Waals surface area contributed by atoms with Crippen molar-refractivity contribution in [1.29, 1.82) is 5.41 Å². The van der Waals surface area contributed by atoms with Crippen LogP contribution in [0.3, 0.4) is 0 Å². The Morgan fingerprint density at radius 2 is 0.750 bits per heavy atom. The molecule has 3 heteroatoms. The van der Waals surface area contributed by atoms with Gasteiger partial charge < -0.3 is 9.80 Å². The molecule has 0 bridgehead atoms. The van der Waals surface area contributed by atoms with Crippen LogP contribution in [0.4, 0.5) is 0 Å². The first-order chi connectivity index (χ1) is 11.7. The van der Waals surface area contributed by atoms with Gasteiger partial charge in [0.25, 0.3) is 0 Å². The first-order valence-electron chi connectivity index (χ1n) is 10.8. The highest BCUT2D eigenvalue weighted by Gasteiger charge is 2.16. The lowest BCUT2D eigenvalue weighted by Gasteiger charge is -2.34. The molecule has 0 aromatic carbocycles. The zero-order valence-electron chi connectivity index (χ0n) is 17.2. The van der Waals surface area contributed by atoms with E-state index in [0.29, 0.717) is 0 Å². The van der Waals surface area contributed by atoms with E-state index in [9.17, 15) is 0 Å². The molecule has 144 valence electrons. The summed E-state index contributed by atoms with van der Waals surface area (Å²) < 4.78 is 0. The fraction of sp³-hybridized carbons (Fsp3) is 0.952. The van der Waals surface area contributed by atoms with E-state index < -0.39 is 0 Å². The summed E-state index contributed by atoms with van der Waals surface area (Å²) in [5, 5.41) is 8.80. The van der Waals surface area contributed by atoms with Gasteiger partial charge >= 0.3 is 0 Å². The SMILES string of the molecule is CCCCCN(CCCCC)C(=N)N(CCCCC)CCCCC. The number of nitrogens with one attached hydrogen (secondary N) is 1. The van der Waals surface area contributed by atoms with Gasteiger partial charge in [0.05, 0.1) is 0 Å². The molecule has 0 unspecified atom stereocenters. The number of hydrogen-bond acceptors (Lipinski definition) is 1. The molecule has 24 heavy (non-hydrogen) atoms. The van der Waals surface area contributed by atoms with Gasteiger partial charge in [-0.3, -0.25) is 5.41 Å². The minimum atomic E-state index is 0.800. The maximum absolute atomic E-state index is 8.80. The summed E-state index contributed by atoms with van der Waals surface area (Å²) >= 11 is 0. The lowest BCUT2D eigenvalue weighted by Crippen LogP contribution is -2.45. The van der Waals surface area contributed by atoms with Gasteiger partial charge in [-0.15, -0.1) is 0 Å². The van der Waals surface area contributed by atoms with Gasteiger partial charge in [-0.05, 0) is 25.7 Å². The summed E-state index contributed by atoms with van der Waals surface area (Å²) in [6.45, 7) is 13.3. The number of nitrogens with zero attached hydrogens (tertiary/aromatic N) is 2. The average Bonchev–Trinajstić information content (AvgIpc) is 2.59. The molecule has 0 heterocycles. The predicted molar refractivity (Wildman–Crippen MR) is 109 cm³/mol. The van der Waals surface area contributed by atoms with Gasteiger partial charge in [0.2, 0.25) is 0 Å². The van der Waals surface area contributed by atoms with E-state index in [2.05, 4.69) is 37.5 Å². The van der Waals surface area contributed by atoms with E-state index in [1.165, 1.54) is 77.0 Å². The van der Waals surface area contributed by atoms with Gasteiger partial charge in [-0.1, -0.05) is 79.1 Å². The zero-order chi connectivity index (χ0) is 18.0. The predicted octanol–water partition coefficient (Wildman–Crippen LogP) is 6.29. The Morgan fingerprint density at radius 1 is 0.500 bits per heavy atom. The Kier molecular flexibility index (Phi) is 16.6. The number of rotatable bonds is 16. The third kappa shape index (κ3) is 11.8. The molecule has 0 aliphatic carbocycles. The van der Waals surface area contributed by atoms with Crippen LogP contribution in [-0.2, 0) is 0 Å². The lowest BCUT2D eigenvalue weighted by atomic mass is 10.2. The normalized spacial score (nSPS) is 10.8. The van der Waals surface area contributed by atoms with Crippen molar-refractivity contribution in [2.24, 2.45) is 0 Å². The van der Waals surface area contributed by atoms with Crippen molar-refractivity contribution < 1.29 is 0 Å². The van der Waals surface area contributed by atoms with Crippen molar-refractivity contribution in [2.75, 3.05) is 26.2 Å². The Balaban J connectivity index is 4.65. The molecule has 0 aromatic heterocycles. The molecule has 0 aliphatic heterocycles. The topological polar surface area (TPSA) is 30.3 Å². The summed E-state index contributed by atoms with van der Waals surface area (Å²) in [5.41, 5.74) is 0. The smallest absolute Gasteiger partial charge is 0.193 e. The summed E-state index contributed by atoms with van der Waals surface area (Å²) in [4.78, 5) is 4.73. The van der Waals surface area contributed by atoms with Crippen molar-refractivity contribution in [2.45, 2.75) is 105 Å². The molecule has 0 fully saturated rings. The molecule has 0 rings (SSSR count). The summed E-state index contributed by atoms with van der Waals surface area (Å²) in [6.07, 6.45) is 15.1.